The molecule has 0 saturated carbocycles. The third kappa shape index (κ3) is 5.79. The molecule has 0 amide bonds. The Bertz CT molecular complexity index is 1950. The Morgan fingerprint density at radius 1 is 0.721 bits per heavy atom. The SMILES string of the molecule is O=C(CC(Cc1cccc(C(F)(F)F)c1)C(=O)O)c1ccc(-c2ccc(-c3cccc4c3oc3ccccc34)cc2)cc1. The van der Waals surface area contributed by atoms with Crippen molar-refractivity contribution in [3.05, 3.63) is 132 Å². The first kappa shape index (κ1) is 28.0. The van der Waals surface area contributed by atoms with Crippen LogP contribution < -0.4 is 0 Å². The van der Waals surface area contributed by atoms with Gasteiger partial charge in [0.05, 0.1) is 11.5 Å². The topological polar surface area (TPSA) is 67.5 Å². The molecule has 43 heavy (non-hydrogen) atoms. The van der Waals surface area contributed by atoms with Gasteiger partial charge in [-0.2, -0.15) is 13.2 Å². The normalized spacial score (nSPS) is 12.4. The Labute approximate surface area is 245 Å². The van der Waals surface area contributed by atoms with Crippen LogP contribution in [0.2, 0.25) is 0 Å². The van der Waals surface area contributed by atoms with E-state index >= 15 is 0 Å². The molecule has 0 bridgehead atoms. The van der Waals surface area contributed by atoms with Crippen LogP contribution in [0.5, 0.6) is 0 Å². The van der Waals surface area contributed by atoms with Crippen LogP contribution in [-0.4, -0.2) is 16.9 Å². The number of rotatable bonds is 8. The van der Waals surface area contributed by atoms with E-state index in [1.54, 1.807) is 24.3 Å². The molecule has 0 aliphatic heterocycles. The third-order valence-corrected chi connectivity index (χ3v) is 7.66. The molecular weight excluding hydrogens is 553 g/mol. The van der Waals surface area contributed by atoms with Crippen molar-refractivity contribution in [1.29, 1.82) is 0 Å². The van der Waals surface area contributed by atoms with Crippen LogP contribution in [0.4, 0.5) is 13.2 Å². The predicted molar refractivity (Wildman–Crippen MR) is 160 cm³/mol. The zero-order valence-corrected chi connectivity index (χ0v) is 22.8. The molecule has 214 valence electrons. The number of fused-ring (bicyclic) bond motifs is 3. The number of benzene rings is 5. The highest BCUT2D eigenvalue weighted by Gasteiger charge is 2.31. The molecule has 1 aromatic heterocycles. The number of Topliss-reactive ketones (excluding diaryl/α,β-unsaturated/α-hetero) is 1. The monoisotopic (exact) mass is 578 g/mol. The van der Waals surface area contributed by atoms with E-state index in [9.17, 15) is 27.9 Å². The van der Waals surface area contributed by atoms with Gasteiger partial charge in [-0.3, -0.25) is 9.59 Å². The lowest BCUT2D eigenvalue weighted by molar-refractivity contribution is -0.141. The van der Waals surface area contributed by atoms with E-state index in [-0.39, 0.29) is 24.2 Å². The summed E-state index contributed by atoms with van der Waals surface area (Å²) in [7, 11) is 0. The van der Waals surface area contributed by atoms with Crippen LogP contribution >= 0.6 is 0 Å². The number of alkyl halides is 3. The summed E-state index contributed by atoms with van der Waals surface area (Å²) in [5, 5.41) is 11.8. The van der Waals surface area contributed by atoms with Gasteiger partial charge in [0, 0.05) is 28.3 Å². The molecule has 5 aromatic carbocycles. The maximum Gasteiger partial charge on any atom is 0.416 e. The largest absolute Gasteiger partial charge is 0.481 e. The van der Waals surface area contributed by atoms with Gasteiger partial charge in [0.2, 0.25) is 0 Å². The molecule has 0 radical (unpaired) electrons. The number of hydrogen-bond donors (Lipinski definition) is 1. The minimum atomic E-state index is -4.53. The van der Waals surface area contributed by atoms with Gasteiger partial charge in [-0.1, -0.05) is 103 Å². The molecule has 0 aliphatic carbocycles. The zero-order valence-electron chi connectivity index (χ0n) is 22.8. The third-order valence-electron chi connectivity index (χ3n) is 7.66. The summed E-state index contributed by atoms with van der Waals surface area (Å²) in [5.74, 6) is -2.78. The number of halogens is 3. The second-order valence-corrected chi connectivity index (χ2v) is 10.5. The van der Waals surface area contributed by atoms with Crippen molar-refractivity contribution in [2.45, 2.75) is 19.0 Å². The maximum atomic E-state index is 13.1. The van der Waals surface area contributed by atoms with E-state index in [1.807, 2.05) is 66.7 Å². The van der Waals surface area contributed by atoms with E-state index in [0.29, 0.717) is 5.56 Å². The van der Waals surface area contributed by atoms with Gasteiger partial charge in [0.25, 0.3) is 0 Å². The van der Waals surface area contributed by atoms with Crippen LogP contribution in [0.15, 0.2) is 120 Å². The fourth-order valence-corrected chi connectivity index (χ4v) is 5.41. The second-order valence-electron chi connectivity index (χ2n) is 10.5. The average molecular weight is 579 g/mol. The lowest BCUT2D eigenvalue weighted by Crippen LogP contribution is -2.20. The molecule has 0 saturated heterocycles. The number of hydrogen-bond acceptors (Lipinski definition) is 3. The number of carbonyl (C=O) groups is 2. The molecule has 7 heteroatoms. The summed E-state index contributed by atoms with van der Waals surface area (Å²) in [6.07, 6.45) is -5.04. The van der Waals surface area contributed by atoms with Crippen molar-refractivity contribution in [3.63, 3.8) is 0 Å². The van der Waals surface area contributed by atoms with Gasteiger partial charge >= 0.3 is 12.1 Å². The number of para-hydroxylation sites is 2. The second kappa shape index (κ2) is 11.2. The Morgan fingerprint density at radius 3 is 2.05 bits per heavy atom. The lowest BCUT2D eigenvalue weighted by atomic mass is 9.91. The fraction of sp³-hybridized carbons (Fsp3) is 0.111. The van der Waals surface area contributed by atoms with Crippen LogP contribution in [0.25, 0.3) is 44.2 Å². The van der Waals surface area contributed by atoms with Crippen LogP contribution in [-0.2, 0) is 17.4 Å². The summed E-state index contributed by atoms with van der Waals surface area (Å²) >= 11 is 0. The summed E-state index contributed by atoms with van der Waals surface area (Å²) < 4.78 is 45.4. The molecular formula is C36H25F3O4. The molecule has 6 aromatic rings. The molecule has 1 unspecified atom stereocenters. The number of carbonyl (C=O) groups excluding carboxylic acids is 1. The minimum Gasteiger partial charge on any atom is -0.481 e. The van der Waals surface area contributed by atoms with E-state index < -0.39 is 23.6 Å². The van der Waals surface area contributed by atoms with E-state index in [0.717, 1.165) is 56.3 Å². The number of carboxylic acid groups (broad SMARTS) is 1. The maximum absolute atomic E-state index is 13.1. The minimum absolute atomic E-state index is 0.183. The summed E-state index contributed by atoms with van der Waals surface area (Å²) in [6, 6.07) is 33.4. The van der Waals surface area contributed by atoms with Crippen molar-refractivity contribution in [1.82, 2.24) is 0 Å². The summed E-state index contributed by atoms with van der Waals surface area (Å²) in [4.78, 5) is 24.8. The Morgan fingerprint density at radius 2 is 1.35 bits per heavy atom. The highest BCUT2D eigenvalue weighted by atomic mass is 19.4. The lowest BCUT2D eigenvalue weighted by Gasteiger charge is -2.14. The molecule has 1 heterocycles. The van der Waals surface area contributed by atoms with Gasteiger partial charge in [-0.25, -0.2) is 0 Å². The Kier molecular flexibility index (Phi) is 7.32. The molecule has 1 N–H and O–H groups in total. The zero-order chi connectivity index (χ0) is 30.1. The predicted octanol–water partition coefficient (Wildman–Crippen LogP) is 9.46. The molecule has 6 rings (SSSR count). The number of carboxylic acids is 1. The van der Waals surface area contributed by atoms with Crippen molar-refractivity contribution in [2.24, 2.45) is 5.92 Å². The fourth-order valence-electron chi connectivity index (χ4n) is 5.41. The summed E-state index contributed by atoms with van der Waals surface area (Å²) in [6.45, 7) is 0. The number of furan rings is 1. The van der Waals surface area contributed by atoms with Crippen molar-refractivity contribution >= 4 is 33.7 Å². The van der Waals surface area contributed by atoms with Gasteiger partial charge in [0.1, 0.15) is 11.2 Å². The van der Waals surface area contributed by atoms with E-state index in [2.05, 4.69) is 0 Å². The smallest absolute Gasteiger partial charge is 0.416 e. The van der Waals surface area contributed by atoms with Crippen LogP contribution in [0, 0.1) is 5.92 Å². The molecule has 0 spiro atoms. The van der Waals surface area contributed by atoms with Gasteiger partial charge in [-0.15, -0.1) is 0 Å². The number of aliphatic carboxylic acids is 1. The molecule has 0 fully saturated rings. The van der Waals surface area contributed by atoms with Crippen molar-refractivity contribution in [2.75, 3.05) is 0 Å². The van der Waals surface area contributed by atoms with Crippen LogP contribution in [0.1, 0.15) is 27.9 Å². The quantitative estimate of drug-likeness (QED) is 0.183. The van der Waals surface area contributed by atoms with Crippen molar-refractivity contribution in [3.8, 4) is 22.3 Å². The Balaban J connectivity index is 1.17. The standard InChI is InChI=1S/C36H25F3O4/c37-36(38,39)28-6-3-5-22(20-28)19-27(35(41)42)21-32(40)26-17-13-24(14-18-26)23-11-15-25(16-12-23)29-8-4-9-31-30-7-1-2-10-33(30)43-34(29)31/h1-18,20,27H,19,21H2,(H,41,42). The van der Waals surface area contributed by atoms with Crippen molar-refractivity contribution < 1.29 is 32.3 Å². The molecule has 1 atom stereocenters. The number of ketones is 1. The van der Waals surface area contributed by atoms with Gasteiger partial charge in [0.15, 0.2) is 5.78 Å². The van der Waals surface area contributed by atoms with Gasteiger partial charge in [-0.05, 0) is 40.8 Å². The van der Waals surface area contributed by atoms with Crippen LogP contribution in [0.3, 0.4) is 0 Å². The Hall–Kier alpha value is -5.17. The summed E-state index contributed by atoms with van der Waals surface area (Å²) in [5.41, 5.74) is 5.16. The highest BCUT2D eigenvalue weighted by molar-refractivity contribution is 6.09. The average Bonchev–Trinajstić information content (AvgIpc) is 3.39. The van der Waals surface area contributed by atoms with E-state index in [4.69, 9.17) is 4.42 Å². The highest BCUT2D eigenvalue weighted by Crippen LogP contribution is 2.36. The first-order chi connectivity index (χ1) is 20.7. The van der Waals surface area contributed by atoms with Gasteiger partial charge < -0.3 is 9.52 Å². The molecule has 4 nitrogen and oxygen atoms in total. The first-order valence-corrected chi connectivity index (χ1v) is 13.7. The molecule has 0 aliphatic rings. The van der Waals surface area contributed by atoms with E-state index in [1.165, 1.54) is 12.1 Å². The first-order valence-electron chi connectivity index (χ1n) is 13.7.